The van der Waals surface area contributed by atoms with Crippen molar-refractivity contribution in [2.75, 3.05) is 0 Å². The molecule has 31 heavy (non-hydrogen) atoms. The molecule has 1 aromatic carbocycles. The molecule has 5 rings (SSSR count). The minimum atomic E-state index is -4.35. The number of rotatable bonds is 5. The van der Waals surface area contributed by atoms with Crippen LogP contribution in [0.5, 0.6) is 0 Å². The van der Waals surface area contributed by atoms with Crippen molar-refractivity contribution in [3.05, 3.63) is 52.0 Å². The molecule has 3 atom stereocenters. The third-order valence-electron chi connectivity index (χ3n) is 6.52. The number of halogens is 3. The maximum absolute atomic E-state index is 13.1. The average Bonchev–Trinajstić information content (AvgIpc) is 3.19. The van der Waals surface area contributed by atoms with Crippen LogP contribution in [-0.2, 0) is 11.0 Å². The zero-order valence-electron chi connectivity index (χ0n) is 16.9. The molecule has 164 valence electrons. The first kappa shape index (κ1) is 20.5. The van der Waals surface area contributed by atoms with Gasteiger partial charge in [-0.3, -0.25) is 4.79 Å². The highest BCUT2D eigenvalue weighted by atomic mass is 32.1. The van der Waals surface area contributed by atoms with Crippen LogP contribution in [0.4, 0.5) is 13.2 Å². The summed E-state index contributed by atoms with van der Waals surface area (Å²) in [4.78, 5) is 21.0. The van der Waals surface area contributed by atoms with E-state index in [0.29, 0.717) is 11.3 Å². The number of aromatic amines is 1. The summed E-state index contributed by atoms with van der Waals surface area (Å²) in [5.41, 5.74) is 1.82. The van der Waals surface area contributed by atoms with Crippen molar-refractivity contribution in [1.29, 1.82) is 0 Å². The third kappa shape index (κ3) is 4.22. The smallest absolute Gasteiger partial charge is 0.348 e. The van der Waals surface area contributed by atoms with Crippen molar-refractivity contribution < 1.29 is 18.0 Å². The Labute approximate surface area is 182 Å². The number of imidazole rings is 1. The summed E-state index contributed by atoms with van der Waals surface area (Å²) in [7, 11) is 0. The largest absolute Gasteiger partial charge is 0.425 e. The van der Waals surface area contributed by atoms with E-state index >= 15 is 0 Å². The lowest BCUT2D eigenvalue weighted by molar-refractivity contribution is -0.134. The summed E-state index contributed by atoms with van der Waals surface area (Å²) in [5.74, 6) is 0.761. The van der Waals surface area contributed by atoms with Crippen LogP contribution >= 0.6 is 11.3 Å². The fraction of sp³-hybridized carbons (Fsp3) is 0.478. The Morgan fingerprint density at radius 1 is 1.13 bits per heavy atom. The third-order valence-corrected chi connectivity index (χ3v) is 7.73. The highest BCUT2D eigenvalue weighted by molar-refractivity contribution is 7.12. The Kier molecular flexibility index (Phi) is 5.28. The summed E-state index contributed by atoms with van der Waals surface area (Å²) >= 11 is 0.758. The number of alkyl halides is 3. The van der Waals surface area contributed by atoms with Gasteiger partial charge in [-0.15, -0.1) is 11.3 Å². The first-order chi connectivity index (χ1) is 14.9. The first-order valence-corrected chi connectivity index (χ1v) is 11.6. The second-order valence-electron chi connectivity index (χ2n) is 8.67. The normalized spacial score (nSPS) is 23.1. The van der Waals surface area contributed by atoms with Gasteiger partial charge < -0.3 is 10.3 Å². The fourth-order valence-electron chi connectivity index (χ4n) is 4.76. The van der Waals surface area contributed by atoms with Crippen LogP contribution in [0.3, 0.4) is 0 Å². The van der Waals surface area contributed by atoms with Gasteiger partial charge in [0, 0.05) is 16.7 Å². The highest BCUT2D eigenvalue weighted by Gasteiger charge is 2.47. The van der Waals surface area contributed by atoms with Crippen molar-refractivity contribution in [2.24, 2.45) is 11.8 Å². The maximum atomic E-state index is 13.1. The van der Waals surface area contributed by atoms with E-state index in [1.807, 2.05) is 24.3 Å². The predicted molar refractivity (Wildman–Crippen MR) is 114 cm³/mol. The number of carbonyl (C=O) groups is 1. The average molecular weight is 448 g/mol. The van der Waals surface area contributed by atoms with Gasteiger partial charge in [-0.2, -0.15) is 13.2 Å². The first-order valence-electron chi connectivity index (χ1n) is 10.8. The number of carbonyl (C=O) groups excluding carboxylic acids is 1. The molecular formula is C23H24F3N3OS. The van der Waals surface area contributed by atoms with E-state index in [1.54, 1.807) is 0 Å². The molecule has 0 bridgehead atoms. The zero-order chi connectivity index (χ0) is 21.6. The predicted octanol–water partition coefficient (Wildman–Crippen LogP) is 6.18. The summed E-state index contributed by atoms with van der Waals surface area (Å²) in [5, 5.41) is 3.13. The van der Waals surface area contributed by atoms with Crippen molar-refractivity contribution in [1.82, 2.24) is 15.3 Å². The Morgan fingerprint density at radius 3 is 2.61 bits per heavy atom. The Hall–Kier alpha value is -2.35. The van der Waals surface area contributed by atoms with E-state index in [-0.39, 0.29) is 29.7 Å². The Morgan fingerprint density at radius 2 is 1.90 bits per heavy atom. The van der Waals surface area contributed by atoms with Crippen LogP contribution in [0.25, 0.3) is 11.0 Å². The number of H-pyrrole nitrogens is 1. The van der Waals surface area contributed by atoms with Crippen LogP contribution in [-0.4, -0.2) is 15.9 Å². The van der Waals surface area contributed by atoms with Gasteiger partial charge in [0.1, 0.15) is 10.7 Å². The number of thiophene rings is 1. The zero-order valence-corrected chi connectivity index (χ0v) is 17.7. The van der Waals surface area contributed by atoms with E-state index < -0.39 is 11.1 Å². The number of aromatic nitrogens is 2. The number of nitrogens with zero attached hydrogens (tertiary/aromatic N) is 1. The lowest BCUT2D eigenvalue weighted by Crippen LogP contribution is -2.35. The van der Waals surface area contributed by atoms with E-state index in [0.717, 1.165) is 66.4 Å². The molecule has 1 amide bonds. The molecule has 0 radical (unpaired) electrons. The van der Waals surface area contributed by atoms with Gasteiger partial charge in [-0.1, -0.05) is 31.4 Å². The van der Waals surface area contributed by atoms with Crippen LogP contribution in [0, 0.1) is 11.8 Å². The second-order valence-corrected chi connectivity index (χ2v) is 9.79. The summed E-state index contributed by atoms with van der Waals surface area (Å²) < 4.78 is 39.4. The van der Waals surface area contributed by atoms with Crippen molar-refractivity contribution in [3.8, 4) is 0 Å². The minimum absolute atomic E-state index is 0.0356. The van der Waals surface area contributed by atoms with Gasteiger partial charge in [-0.25, -0.2) is 4.98 Å². The number of hydrogen-bond donors (Lipinski definition) is 2. The van der Waals surface area contributed by atoms with Gasteiger partial charge in [-0.05, 0) is 49.4 Å². The summed E-state index contributed by atoms with van der Waals surface area (Å²) in [6.07, 6.45) is 1.48. The number of nitrogens with one attached hydrogen (secondary N) is 2. The second kappa shape index (κ2) is 7.97. The molecule has 2 N–H and O–H groups in total. The molecule has 2 aromatic heterocycles. The number of amides is 1. The van der Waals surface area contributed by atoms with Crippen molar-refractivity contribution in [2.45, 2.75) is 56.7 Å². The molecule has 3 aromatic rings. The van der Waals surface area contributed by atoms with Crippen LogP contribution < -0.4 is 5.32 Å². The summed E-state index contributed by atoms with van der Waals surface area (Å²) in [6, 6.07) is 10.1. The minimum Gasteiger partial charge on any atom is -0.348 e. The molecule has 0 aliphatic heterocycles. The summed E-state index contributed by atoms with van der Waals surface area (Å²) in [6.45, 7) is 0. The SMILES string of the molecule is O=C(N[C@@H](c1ccc(C(F)(F)F)s1)C1CCCCC1)[C@H]1C[C@@H]1c1nc2ccccc2[nH]1. The maximum Gasteiger partial charge on any atom is 0.425 e. The topological polar surface area (TPSA) is 57.8 Å². The molecule has 8 heteroatoms. The van der Waals surface area contributed by atoms with E-state index in [9.17, 15) is 18.0 Å². The molecule has 0 saturated heterocycles. The van der Waals surface area contributed by atoms with E-state index in [4.69, 9.17) is 0 Å². The number of para-hydroxylation sites is 2. The lowest BCUT2D eigenvalue weighted by atomic mass is 9.83. The number of hydrogen-bond acceptors (Lipinski definition) is 3. The fourth-order valence-corrected chi connectivity index (χ4v) is 5.78. The quantitative estimate of drug-likeness (QED) is 0.490. The Bertz CT molecular complexity index is 1050. The van der Waals surface area contributed by atoms with Gasteiger partial charge in [0.2, 0.25) is 5.91 Å². The lowest BCUT2D eigenvalue weighted by Gasteiger charge is -2.30. The van der Waals surface area contributed by atoms with Gasteiger partial charge in [0.25, 0.3) is 0 Å². The van der Waals surface area contributed by atoms with Crippen LogP contribution in [0.1, 0.15) is 66.1 Å². The van der Waals surface area contributed by atoms with Gasteiger partial charge in [0.15, 0.2) is 0 Å². The van der Waals surface area contributed by atoms with Crippen molar-refractivity contribution >= 4 is 28.3 Å². The van der Waals surface area contributed by atoms with Crippen LogP contribution in [0.15, 0.2) is 36.4 Å². The standard InChI is InChI=1S/C23H24F3N3OS/c24-23(25,26)19-11-10-18(31-19)20(13-6-2-1-3-7-13)29-22(30)15-12-14(15)21-27-16-8-4-5-9-17(16)28-21/h4-5,8-11,13-15,20H,1-3,6-7,12H2,(H,27,28)(H,29,30)/t14-,15-,20+/m0/s1. The van der Waals surface area contributed by atoms with Crippen molar-refractivity contribution in [3.63, 3.8) is 0 Å². The number of fused-ring (bicyclic) bond motifs is 1. The molecule has 2 heterocycles. The molecule has 0 unspecified atom stereocenters. The molecule has 4 nitrogen and oxygen atoms in total. The molecular weight excluding hydrogens is 423 g/mol. The van der Waals surface area contributed by atoms with Gasteiger partial charge >= 0.3 is 6.18 Å². The van der Waals surface area contributed by atoms with E-state index in [1.165, 1.54) is 6.07 Å². The molecule has 2 aliphatic carbocycles. The molecule has 2 fully saturated rings. The molecule has 2 aliphatic rings. The Balaban J connectivity index is 1.33. The molecule has 0 spiro atoms. The van der Waals surface area contributed by atoms with Crippen LogP contribution in [0.2, 0.25) is 0 Å². The molecule has 2 saturated carbocycles. The highest BCUT2D eigenvalue weighted by Crippen LogP contribution is 2.48. The monoisotopic (exact) mass is 447 g/mol. The number of benzene rings is 1. The van der Waals surface area contributed by atoms with Gasteiger partial charge in [0.05, 0.1) is 17.1 Å². The van der Waals surface area contributed by atoms with E-state index in [2.05, 4.69) is 15.3 Å².